The Kier molecular flexibility index (Phi) is 4.45. The predicted octanol–water partition coefficient (Wildman–Crippen LogP) is 2.53. The van der Waals surface area contributed by atoms with Crippen LogP contribution >= 0.6 is 0 Å². The topological polar surface area (TPSA) is 94.4 Å². The van der Waals surface area contributed by atoms with Gasteiger partial charge in [-0.15, -0.1) is 0 Å². The number of carbonyl (C=O) groups is 1. The molecule has 7 heteroatoms. The fourth-order valence-electron chi connectivity index (χ4n) is 1.69. The zero-order valence-electron chi connectivity index (χ0n) is 11.3. The van der Waals surface area contributed by atoms with Gasteiger partial charge in [-0.3, -0.25) is 4.79 Å². The second-order valence-corrected chi connectivity index (χ2v) is 4.26. The first-order valence-electron chi connectivity index (χ1n) is 6.15. The van der Waals surface area contributed by atoms with Gasteiger partial charge in [0.2, 0.25) is 11.7 Å². The molecule has 0 spiro atoms. The molecule has 0 saturated heterocycles. The molecule has 7 nitrogen and oxygen atoms in total. The monoisotopic (exact) mass is 287 g/mol. The van der Waals surface area contributed by atoms with E-state index in [0.717, 1.165) is 5.56 Å². The van der Waals surface area contributed by atoms with Gasteiger partial charge in [-0.2, -0.15) is 0 Å². The summed E-state index contributed by atoms with van der Waals surface area (Å²) in [5.74, 6) is -0.671. The number of ether oxygens (including phenoxy) is 1. The van der Waals surface area contributed by atoms with Gasteiger partial charge in [-0.25, -0.2) is 0 Å². The van der Waals surface area contributed by atoms with Crippen LogP contribution in [0.1, 0.15) is 12.5 Å². The van der Waals surface area contributed by atoms with E-state index in [4.69, 9.17) is 4.74 Å². The number of nitrogens with one attached hydrogen (secondary N) is 1. The van der Waals surface area contributed by atoms with Gasteiger partial charge in [0.1, 0.15) is 6.61 Å². The van der Waals surface area contributed by atoms with E-state index in [1.165, 1.54) is 19.2 Å². The molecule has 108 valence electrons. The summed E-state index contributed by atoms with van der Waals surface area (Å²) in [6, 6.07) is 10.6. The third-order valence-corrected chi connectivity index (χ3v) is 2.56. The van der Waals surface area contributed by atoms with E-state index in [1.807, 2.05) is 30.3 Å². The Morgan fingerprint density at radius 2 is 2.10 bits per heavy atom. The van der Waals surface area contributed by atoms with E-state index >= 15 is 0 Å². The van der Waals surface area contributed by atoms with Crippen LogP contribution in [-0.4, -0.2) is 15.8 Å². The van der Waals surface area contributed by atoms with Crippen molar-refractivity contribution in [2.24, 2.45) is 0 Å². The Balaban J connectivity index is 2.22. The van der Waals surface area contributed by atoms with Crippen LogP contribution in [0.25, 0.3) is 0 Å². The molecule has 21 heavy (non-hydrogen) atoms. The highest BCUT2D eigenvalue weighted by Gasteiger charge is 2.18. The summed E-state index contributed by atoms with van der Waals surface area (Å²) < 4.78 is 5.45. The van der Waals surface area contributed by atoms with Crippen molar-refractivity contribution in [1.82, 2.24) is 4.98 Å². The first-order chi connectivity index (χ1) is 10.1. The highest BCUT2D eigenvalue weighted by Crippen LogP contribution is 2.28. The molecule has 2 rings (SSSR count). The molecule has 0 aliphatic heterocycles. The van der Waals surface area contributed by atoms with E-state index < -0.39 is 4.92 Å². The van der Waals surface area contributed by atoms with Crippen molar-refractivity contribution in [3.63, 3.8) is 0 Å². The minimum atomic E-state index is -0.627. The van der Waals surface area contributed by atoms with E-state index in [2.05, 4.69) is 10.3 Å². The van der Waals surface area contributed by atoms with E-state index in [9.17, 15) is 14.9 Å². The summed E-state index contributed by atoms with van der Waals surface area (Å²) >= 11 is 0. The van der Waals surface area contributed by atoms with Gasteiger partial charge in [-0.05, 0) is 15.5 Å². The average Bonchev–Trinajstić information content (AvgIpc) is 2.45. The molecule has 0 atom stereocenters. The van der Waals surface area contributed by atoms with Crippen LogP contribution in [0.5, 0.6) is 5.75 Å². The standard InChI is InChI=1S/C14H13N3O4/c1-10(18)16-12-7-13(14(15-8-12)17(19)20)21-9-11-5-3-2-4-6-11/h2-8H,9H2,1H3,(H,16,18). The van der Waals surface area contributed by atoms with Gasteiger partial charge < -0.3 is 20.2 Å². The summed E-state index contributed by atoms with van der Waals surface area (Å²) in [6.07, 6.45) is 1.22. The van der Waals surface area contributed by atoms with Crippen LogP contribution in [0.15, 0.2) is 42.6 Å². The zero-order valence-corrected chi connectivity index (χ0v) is 11.3. The first kappa shape index (κ1) is 14.4. The number of nitro groups is 1. The van der Waals surface area contributed by atoms with Crippen molar-refractivity contribution in [3.8, 4) is 5.75 Å². The van der Waals surface area contributed by atoms with Crippen LogP contribution in [0.4, 0.5) is 11.5 Å². The molecule has 2 aromatic rings. The fourth-order valence-corrected chi connectivity index (χ4v) is 1.69. The molecule has 1 heterocycles. The number of nitrogens with zero attached hydrogens (tertiary/aromatic N) is 2. The van der Waals surface area contributed by atoms with Crippen molar-refractivity contribution >= 4 is 17.4 Å². The summed E-state index contributed by atoms with van der Waals surface area (Å²) in [5, 5.41) is 13.4. The summed E-state index contributed by atoms with van der Waals surface area (Å²) in [5.41, 5.74) is 1.22. The zero-order chi connectivity index (χ0) is 15.2. The Morgan fingerprint density at radius 1 is 1.38 bits per heavy atom. The molecule has 0 aliphatic rings. The van der Waals surface area contributed by atoms with Crippen molar-refractivity contribution in [1.29, 1.82) is 0 Å². The number of carbonyl (C=O) groups excluding carboxylic acids is 1. The van der Waals surface area contributed by atoms with Gasteiger partial charge in [0.05, 0.1) is 5.69 Å². The van der Waals surface area contributed by atoms with E-state index in [0.29, 0.717) is 5.69 Å². The lowest BCUT2D eigenvalue weighted by atomic mass is 10.2. The van der Waals surface area contributed by atoms with Gasteiger partial charge in [0.15, 0.2) is 6.20 Å². The lowest BCUT2D eigenvalue weighted by molar-refractivity contribution is -0.390. The number of hydrogen-bond donors (Lipinski definition) is 1. The number of pyridine rings is 1. The normalized spacial score (nSPS) is 9.95. The molecule has 0 fully saturated rings. The molecular formula is C14H13N3O4. The molecule has 0 unspecified atom stereocenters. The number of hydrogen-bond acceptors (Lipinski definition) is 5. The Hall–Kier alpha value is -2.96. The quantitative estimate of drug-likeness (QED) is 0.673. The molecular weight excluding hydrogens is 274 g/mol. The highest BCUT2D eigenvalue weighted by molar-refractivity contribution is 5.88. The van der Waals surface area contributed by atoms with Crippen LogP contribution < -0.4 is 10.1 Å². The molecule has 0 radical (unpaired) electrons. The lowest BCUT2D eigenvalue weighted by Crippen LogP contribution is -2.07. The highest BCUT2D eigenvalue weighted by atomic mass is 16.6. The molecule has 1 aromatic heterocycles. The van der Waals surface area contributed by atoms with E-state index in [-0.39, 0.29) is 24.1 Å². The SMILES string of the molecule is CC(=O)Nc1cnc([N+](=O)[O-])c(OCc2ccccc2)c1. The summed E-state index contributed by atoms with van der Waals surface area (Å²) in [7, 11) is 0. The number of anilines is 1. The maximum absolute atomic E-state index is 11.0. The van der Waals surface area contributed by atoms with Crippen molar-refractivity contribution in [2.45, 2.75) is 13.5 Å². The first-order valence-corrected chi connectivity index (χ1v) is 6.15. The summed E-state index contributed by atoms with van der Waals surface area (Å²) in [6.45, 7) is 1.51. The Labute approximate surface area is 120 Å². The van der Waals surface area contributed by atoms with Crippen molar-refractivity contribution in [2.75, 3.05) is 5.32 Å². The maximum atomic E-state index is 11.0. The number of aromatic nitrogens is 1. The maximum Gasteiger partial charge on any atom is 0.406 e. The third kappa shape index (κ3) is 4.00. The Morgan fingerprint density at radius 3 is 2.71 bits per heavy atom. The minimum absolute atomic E-state index is 0.00935. The predicted molar refractivity (Wildman–Crippen MR) is 76.0 cm³/mol. The van der Waals surface area contributed by atoms with Crippen LogP contribution in [0, 0.1) is 10.1 Å². The smallest absolute Gasteiger partial charge is 0.406 e. The fraction of sp³-hybridized carbons (Fsp3) is 0.143. The van der Waals surface area contributed by atoms with Crippen molar-refractivity contribution in [3.05, 3.63) is 58.3 Å². The largest absolute Gasteiger partial charge is 0.481 e. The third-order valence-electron chi connectivity index (χ3n) is 2.56. The molecule has 0 saturated carbocycles. The van der Waals surface area contributed by atoms with Crippen molar-refractivity contribution < 1.29 is 14.5 Å². The molecule has 0 bridgehead atoms. The molecule has 1 N–H and O–H groups in total. The molecule has 0 aliphatic carbocycles. The van der Waals surface area contributed by atoms with Crippen LogP contribution in [0.2, 0.25) is 0 Å². The summed E-state index contributed by atoms with van der Waals surface area (Å²) in [4.78, 5) is 25.0. The van der Waals surface area contributed by atoms with E-state index in [1.54, 1.807) is 0 Å². The van der Waals surface area contributed by atoms with Crippen LogP contribution in [0.3, 0.4) is 0 Å². The van der Waals surface area contributed by atoms with Gasteiger partial charge in [-0.1, -0.05) is 30.3 Å². The second-order valence-electron chi connectivity index (χ2n) is 4.26. The molecule has 1 aromatic carbocycles. The van der Waals surface area contributed by atoms with Gasteiger partial charge >= 0.3 is 5.82 Å². The van der Waals surface area contributed by atoms with Gasteiger partial charge in [0.25, 0.3) is 0 Å². The Bertz CT molecular complexity index is 659. The van der Waals surface area contributed by atoms with Gasteiger partial charge in [0, 0.05) is 13.0 Å². The number of amides is 1. The molecule has 1 amide bonds. The lowest BCUT2D eigenvalue weighted by Gasteiger charge is -2.08. The second kappa shape index (κ2) is 6.47. The average molecular weight is 287 g/mol. The minimum Gasteiger partial charge on any atom is -0.481 e. The number of rotatable bonds is 5. The number of benzene rings is 1. The van der Waals surface area contributed by atoms with Crippen LogP contribution in [-0.2, 0) is 11.4 Å².